The number of rotatable bonds is 0. The summed E-state index contributed by atoms with van der Waals surface area (Å²) in [5.74, 6) is -0.153. The van der Waals surface area contributed by atoms with Gasteiger partial charge in [0.25, 0.3) is 0 Å². The highest BCUT2D eigenvalue weighted by Crippen LogP contribution is 2.21. The Bertz CT molecular complexity index is 168. The van der Waals surface area contributed by atoms with Crippen molar-refractivity contribution in [1.29, 1.82) is 0 Å². The first-order valence-electron chi connectivity index (χ1n) is 2.72. The minimum absolute atomic E-state index is 0.0764. The molecule has 2 nitrogen and oxygen atoms in total. The predicted octanol–water partition coefficient (Wildman–Crippen LogP) is 1.64. The van der Waals surface area contributed by atoms with Crippen molar-refractivity contribution >= 4 is 12.6 Å². The van der Waals surface area contributed by atoms with Crippen molar-refractivity contribution in [2.45, 2.75) is 0 Å². The van der Waals surface area contributed by atoms with Crippen LogP contribution in [0.25, 0.3) is 0 Å². The van der Waals surface area contributed by atoms with Crippen LogP contribution in [0.3, 0.4) is 0 Å². The van der Waals surface area contributed by atoms with Crippen molar-refractivity contribution in [3.63, 3.8) is 0 Å². The molecular formula is C7H10O2S. The summed E-state index contributed by atoms with van der Waals surface area (Å²) < 4.78 is 0. The summed E-state index contributed by atoms with van der Waals surface area (Å²) in [4.78, 5) is 0. The van der Waals surface area contributed by atoms with Crippen LogP contribution in [0.1, 0.15) is 0 Å². The first-order chi connectivity index (χ1) is 4.80. The largest absolute Gasteiger partial charge is 0.504 e. The van der Waals surface area contributed by atoms with E-state index in [9.17, 15) is 0 Å². The lowest BCUT2D eigenvalue weighted by Crippen LogP contribution is -1.63. The smallest absolute Gasteiger partial charge is 0.157 e. The molecule has 2 N–H and O–H groups in total. The van der Waals surface area contributed by atoms with Crippen LogP contribution in [-0.4, -0.2) is 16.5 Å². The number of phenolic OH excluding ortho intramolecular Hbond substituents is 2. The fraction of sp³-hybridized carbons (Fsp3) is 0.143. The van der Waals surface area contributed by atoms with Gasteiger partial charge in [0, 0.05) is 0 Å². The minimum atomic E-state index is -0.0764. The average Bonchev–Trinajstić information content (AvgIpc) is 2.00. The van der Waals surface area contributed by atoms with Gasteiger partial charge in [0.15, 0.2) is 11.5 Å². The SMILES string of the molecule is CS.Oc1ccccc1O. The monoisotopic (exact) mass is 158 g/mol. The second-order valence-electron chi connectivity index (χ2n) is 1.49. The van der Waals surface area contributed by atoms with Crippen LogP contribution < -0.4 is 0 Å². The molecule has 0 amide bonds. The molecule has 0 saturated heterocycles. The summed E-state index contributed by atoms with van der Waals surface area (Å²) in [5, 5.41) is 17.3. The van der Waals surface area contributed by atoms with E-state index in [1.165, 1.54) is 12.1 Å². The number of para-hydroxylation sites is 2. The fourth-order valence-corrected chi connectivity index (χ4v) is 0.464. The van der Waals surface area contributed by atoms with Crippen molar-refractivity contribution in [2.75, 3.05) is 6.26 Å². The standard InChI is InChI=1S/C6H6O2.CH4S/c7-5-3-1-2-4-6(5)8;1-2/h1-4,7-8H;2H,1H3. The highest BCUT2D eigenvalue weighted by molar-refractivity contribution is 7.79. The Morgan fingerprint density at radius 2 is 1.30 bits per heavy atom. The van der Waals surface area contributed by atoms with Crippen LogP contribution in [0.15, 0.2) is 24.3 Å². The zero-order valence-electron chi connectivity index (χ0n) is 5.65. The highest BCUT2D eigenvalue weighted by Gasteiger charge is 1.90. The van der Waals surface area contributed by atoms with Crippen LogP contribution in [0.5, 0.6) is 11.5 Å². The molecule has 56 valence electrons. The lowest BCUT2D eigenvalue weighted by Gasteiger charge is -1.91. The van der Waals surface area contributed by atoms with Gasteiger partial charge < -0.3 is 10.2 Å². The van der Waals surface area contributed by atoms with Crippen LogP contribution in [0.4, 0.5) is 0 Å². The lowest BCUT2D eigenvalue weighted by atomic mass is 10.3. The Morgan fingerprint density at radius 1 is 1.00 bits per heavy atom. The fourth-order valence-electron chi connectivity index (χ4n) is 0.464. The Morgan fingerprint density at radius 3 is 1.50 bits per heavy atom. The Balaban J connectivity index is 0.000000371. The van der Waals surface area contributed by atoms with E-state index in [2.05, 4.69) is 12.6 Å². The molecule has 0 fully saturated rings. The molecule has 1 aromatic carbocycles. The maximum Gasteiger partial charge on any atom is 0.157 e. The molecule has 0 aliphatic carbocycles. The third-order valence-corrected chi connectivity index (χ3v) is 0.882. The summed E-state index contributed by atoms with van der Waals surface area (Å²) in [6.45, 7) is 0. The molecule has 0 unspecified atom stereocenters. The summed E-state index contributed by atoms with van der Waals surface area (Å²) in [6.07, 6.45) is 1.69. The molecule has 3 heteroatoms. The Labute approximate surface area is 65.5 Å². The van der Waals surface area contributed by atoms with E-state index in [4.69, 9.17) is 10.2 Å². The summed E-state index contributed by atoms with van der Waals surface area (Å²) in [5.41, 5.74) is 0. The van der Waals surface area contributed by atoms with E-state index in [0.717, 1.165) is 0 Å². The third-order valence-electron chi connectivity index (χ3n) is 0.882. The molecule has 1 rings (SSSR count). The van der Waals surface area contributed by atoms with Gasteiger partial charge in [-0.05, 0) is 18.4 Å². The van der Waals surface area contributed by atoms with Crippen LogP contribution in [0, 0.1) is 0 Å². The number of aromatic hydroxyl groups is 2. The van der Waals surface area contributed by atoms with E-state index in [-0.39, 0.29) is 11.5 Å². The minimum Gasteiger partial charge on any atom is -0.504 e. The molecule has 10 heavy (non-hydrogen) atoms. The molecule has 1 aromatic rings. The number of thiol groups is 1. The second kappa shape index (κ2) is 4.99. The predicted molar refractivity (Wildman–Crippen MR) is 44.7 cm³/mol. The van der Waals surface area contributed by atoms with Gasteiger partial charge in [-0.1, -0.05) is 12.1 Å². The molecule has 0 bridgehead atoms. The van der Waals surface area contributed by atoms with E-state index in [0.29, 0.717) is 0 Å². The molecule has 0 aromatic heterocycles. The van der Waals surface area contributed by atoms with Crippen LogP contribution in [0.2, 0.25) is 0 Å². The van der Waals surface area contributed by atoms with Gasteiger partial charge >= 0.3 is 0 Å². The Kier molecular flexibility index (Phi) is 4.58. The number of phenols is 2. The zero-order valence-corrected chi connectivity index (χ0v) is 6.55. The van der Waals surface area contributed by atoms with Crippen molar-refractivity contribution in [1.82, 2.24) is 0 Å². The molecule has 0 atom stereocenters. The molecule has 0 radical (unpaired) electrons. The molecule has 0 aliphatic heterocycles. The summed E-state index contributed by atoms with van der Waals surface area (Å²) in [7, 11) is 0. The third kappa shape index (κ3) is 2.64. The maximum absolute atomic E-state index is 8.67. The van der Waals surface area contributed by atoms with Crippen LogP contribution in [-0.2, 0) is 0 Å². The number of benzene rings is 1. The first-order valence-corrected chi connectivity index (χ1v) is 3.62. The summed E-state index contributed by atoms with van der Waals surface area (Å²) >= 11 is 3.53. The number of hydrogen-bond donors (Lipinski definition) is 3. The van der Waals surface area contributed by atoms with E-state index in [1.807, 2.05) is 0 Å². The van der Waals surface area contributed by atoms with Crippen molar-refractivity contribution < 1.29 is 10.2 Å². The molecule has 0 saturated carbocycles. The highest BCUT2D eigenvalue weighted by atomic mass is 32.1. The quantitative estimate of drug-likeness (QED) is 0.397. The van der Waals surface area contributed by atoms with Gasteiger partial charge in [-0.2, -0.15) is 12.6 Å². The molecule has 0 spiro atoms. The van der Waals surface area contributed by atoms with Gasteiger partial charge in [-0.15, -0.1) is 0 Å². The van der Waals surface area contributed by atoms with Gasteiger partial charge in [0.1, 0.15) is 0 Å². The molecule has 0 heterocycles. The van der Waals surface area contributed by atoms with E-state index < -0.39 is 0 Å². The second-order valence-corrected chi connectivity index (χ2v) is 1.49. The van der Waals surface area contributed by atoms with Gasteiger partial charge in [-0.3, -0.25) is 0 Å². The molecule has 0 aliphatic rings. The zero-order chi connectivity index (χ0) is 7.98. The van der Waals surface area contributed by atoms with Crippen molar-refractivity contribution in [3.05, 3.63) is 24.3 Å². The van der Waals surface area contributed by atoms with Crippen molar-refractivity contribution in [3.8, 4) is 11.5 Å². The average molecular weight is 158 g/mol. The topological polar surface area (TPSA) is 40.5 Å². The van der Waals surface area contributed by atoms with E-state index in [1.54, 1.807) is 18.4 Å². The normalized spacial score (nSPS) is 7.80. The maximum atomic E-state index is 8.67. The molecular weight excluding hydrogens is 148 g/mol. The summed E-state index contributed by atoms with van der Waals surface area (Å²) in [6, 6.07) is 6.15. The lowest BCUT2D eigenvalue weighted by molar-refractivity contribution is 0.404. The Hall–Kier alpha value is -0.830. The van der Waals surface area contributed by atoms with Crippen LogP contribution >= 0.6 is 12.6 Å². The van der Waals surface area contributed by atoms with Gasteiger partial charge in [0.05, 0.1) is 0 Å². The van der Waals surface area contributed by atoms with Gasteiger partial charge in [0.2, 0.25) is 0 Å². The first kappa shape index (κ1) is 9.17. The van der Waals surface area contributed by atoms with Crippen molar-refractivity contribution in [2.24, 2.45) is 0 Å². The number of hydrogen-bond acceptors (Lipinski definition) is 3. The van der Waals surface area contributed by atoms with E-state index >= 15 is 0 Å². The van der Waals surface area contributed by atoms with Gasteiger partial charge in [-0.25, -0.2) is 0 Å².